The molecule has 2 N–H and O–H groups in total. The molecule has 0 radical (unpaired) electrons. The zero-order valence-corrected chi connectivity index (χ0v) is 14.7. The Balaban J connectivity index is 1.71. The quantitative estimate of drug-likeness (QED) is 0.796. The van der Waals surface area contributed by atoms with E-state index < -0.39 is 5.97 Å². The van der Waals surface area contributed by atoms with Gasteiger partial charge < -0.3 is 19.9 Å². The standard InChI is InChI=1S/C20H21NO5/c1-25-11-12-6-14(20(23)24)8-15(7-12)21-19(22)18-10-17(18)13-4-3-5-16(9-13)26-2/h3-9,17-18H,10-11H2,1-2H3,(H,21,22)(H,23,24). The molecule has 2 aromatic carbocycles. The summed E-state index contributed by atoms with van der Waals surface area (Å²) in [6, 6.07) is 12.4. The van der Waals surface area contributed by atoms with Gasteiger partial charge in [-0.25, -0.2) is 4.79 Å². The third kappa shape index (κ3) is 4.03. The summed E-state index contributed by atoms with van der Waals surface area (Å²) in [5.74, 6) is -0.345. The molecule has 0 bridgehead atoms. The number of benzene rings is 2. The van der Waals surface area contributed by atoms with Gasteiger partial charge in [0.2, 0.25) is 5.91 Å². The zero-order valence-electron chi connectivity index (χ0n) is 14.7. The van der Waals surface area contributed by atoms with E-state index in [-0.39, 0.29) is 29.9 Å². The normalized spacial score (nSPS) is 18.2. The molecule has 0 aromatic heterocycles. The van der Waals surface area contributed by atoms with Gasteiger partial charge in [-0.1, -0.05) is 12.1 Å². The summed E-state index contributed by atoms with van der Waals surface area (Å²) in [5.41, 5.74) is 2.36. The van der Waals surface area contributed by atoms with Crippen molar-refractivity contribution in [3.63, 3.8) is 0 Å². The van der Waals surface area contributed by atoms with E-state index in [4.69, 9.17) is 9.47 Å². The second kappa shape index (κ2) is 7.58. The number of nitrogens with one attached hydrogen (secondary N) is 1. The Hall–Kier alpha value is -2.86. The first kappa shape index (κ1) is 17.9. The van der Waals surface area contributed by atoms with Crippen LogP contribution in [0.25, 0.3) is 0 Å². The van der Waals surface area contributed by atoms with Crippen molar-refractivity contribution in [3.05, 3.63) is 59.2 Å². The SMILES string of the molecule is COCc1cc(NC(=O)C2CC2c2cccc(OC)c2)cc(C(=O)O)c1. The molecule has 136 valence electrons. The lowest BCUT2D eigenvalue weighted by Crippen LogP contribution is -2.15. The summed E-state index contributed by atoms with van der Waals surface area (Å²) in [6.45, 7) is 0.278. The number of carbonyl (C=O) groups is 2. The highest BCUT2D eigenvalue weighted by Gasteiger charge is 2.44. The van der Waals surface area contributed by atoms with Crippen LogP contribution in [-0.4, -0.2) is 31.2 Å². The van der Waals surface area contributed by atoms with Crippen molar-refractivity contribution in [2.45, 2.75) is 18.9 Å². The second-order valence-corrected chi connectivity index (χ2v) is 6.37. The first-order chi connectivity index (χ1) is 12.5. The molecule has 2 atom stereocenters. The number of carboxylic acids is 1. The maximum atomic E-state index is 12.5. The maximum Gasteiger partial charge on any atom is 0.335 e. The van der Waals surface area contributed by atoms with E-state index in [0.717, 1.165) is 17.7 Å². The van der Waals surface area contributed by atoms with Crippen LogP contribution in [0.4, 0.5) is 5.69 Å². The number of aromatic carboxylic acids is 1. The number of methoxy groups -OCH3 is 2. The van der Waals surface area contributed by atoms with Crippen LogP contribution in [0.15, 0.2) is 42.5 Å². The van der Waals surface area contributed by atoms with Crippen LogP contribution in [0.1, 0.15) is 33.8 Å². The Labute approximate surface area is 151 Å². The van der Waals surface area contributed by atoms with Crippen molar-refractivity contribution in [1.82, 2.24) is 0 Å². The minimum Gasteiger partial charge on any atom is -0.497 e. The predicted octanol–water partition coefficient (Wildman–Crippen LogP) is 3.28. The lowest BCUT2D eigenvalue weighted by atomic mass is 10.1. The lowest BCUT2D eigenvalue weighted by molar-refractivity contribution is -0.117. The number of anilines is 1. The summed E-state index contributed by atoms with van der Waals surface area (Å²) in [4.78, 5) is 23.8. The summed E-state index contributed by atoms with van der Waals surface area (Å²) in [6.07, 6.45) is 0.766. The van der Waals surface area contributed by atoms with Crippen LogP contribution in [-0.2, 0) is 16.1 Å². The van der Waals surface area contributed by atoms with Crippen LogP contribution in [0, 0.1) is 5.92 Å². The van der Waals surface area contributed by atoms with Gasteiger partial charge in [0.15, 0.2) is 0 Å². The second-order valence-electron chi connectivity index (χ2n) is 6.37. The van der Waals surface area contributed by atoms with Crippen LogP contribution in [0.3, 0.4) is 0 Å². The molecule has 0 heterocycles. The van der Waals surface area contributed by atoms with Gasteiger partial charge in [0.1, 0.15) is 5.75 Å². The molecule has 1 aliphatic rings. The summed E-state index contributed by atoms with van der Waals surface area (Å²) in [7, 11) is 3.15. The number of hydrogen-bond acceptors (Lipinski definition) is 4. The Morgan fingerprint density at radius 1 is 1.19 bits per heavy atom. The fourth-order valence-corrected chi connectivity index (χ4v) is 3.10. The van der Waals surface area contributed by atoms with E-state index in [1.54, 1.807) is 13.2 Å². The van der Waals surface area contributed by atoms with E-state index in [1.807, 2.05) is 24.3 Å². The monoisotopic (exact) mass is 355 g/mol. The smallest absolute Gasteiger partial charge is 0.335 e. The van der Waals surface area contributed by atoms with Crippen molar-refractivity contribution in [3.8, 4) is 5.75 Å². The Morgan fingerprint density at radius 3 is 2.69 bits per heavy atom. The van der Waals surface area contributed by atoms with Gasteiger partial charge in [-0.3, -0.25) is 4.79 Å². The van der Waals surface area contributed by atoms with Gasteiger partial charge in [0.25, 0.3) is 0 Å². The predicted molar refractivity (Wildman–Crippen MR) is 96.6 cm³/mol. The fraction of sp³-hybridized carbons (Fsp3) is 0.300. The van der Waals surface area contributed by atoms with E-state index in [0.29, 0.717) is 11.3 Å². The van der Waals surface area contributed by atoms with Gasteiger partial charge >= 0.3 is 5.97 Å². The van der Waals surface area contributed by atoms with E-state index >= 15 is 0 Å². The van der Waals surface area contributed by atoms with E-state index in [2.05, 4.69) is 5.32 Å². The van der Waals surface area contributed by atoms with Gasteiger partial charge in [-0.05, 0) is 53.8 Å². The van der Waals surface area contributed by atoms with Crippen molar-refractivity contribution in [1.29, 1.82) is 0 Å². The summed E-state index contributed by atoms with van der Waals surface area (Å²) >= 11 is 0. The average molecular weight is 355 g/mol. The molecular weight excluding hydrogens is 334 g/mol. The fourth-order valence-electron chi connectivity index (χ4n) is 3.10. The largest absolute Gasteiger partial charge is 0.497 e. The molecule has 1 aliphatic carbocycles. The average Bonchev–Trinajstić information content (AvgIpc) is 3.43. The van der Waals surface area contributed by atoms with E-state index in [9.17, 15) is 14.7 Å². The van der Waals surface area contributed by atoms with Crippen LogP contribution in [0.2, 0.25) is 0 Å². The third-order valence-corrected chi connectivity index (χ3v) is 4.47. The lowest BCUT2D eigenvalue weighted by Gasteiger charge is -2.09. The number of hydrogen-bond donors (Lipinski definition) is 2. The summed E-state index contributed by atoms with van der Waals surface area (Å²) in [5, 5.41) is 12.1. The minimum atomic E-state index is -1.04. The van der Waals surface area contributed by atoms with Crippen LogP contribution < -0.4 is 10.1 Å². The first-order valence-corrected chi connectivity index (χ1v) is 8.33. The minimum absolute atomic E-state index is 0.108. The molecule has 6 nitrogen and oxygen atoms in total. The molecule has 1 fully saturated rings. The van der Waals surface area contributed by atoms with Crippen molar-refractivity contribution in [2.24, 2.45) is 5.92 Å². The third-order valence-electron chi connectivity index (χ3n) is 4.47. The topological polar surface area (TPSA) is 84.9 Å². The molecule has 26 heavy (non-hydrogen) atoms. The molecule has 1 saturated carbocycles. The van der Waals surface area contributed by atoms with Crippen molar-refractivity contribution < 1.29 is 24.2 Å². The van der Waals surface area contributed by atoms with Crippen LogP contribution in [0.5, 0.6) is 5.75 Å². The highest BCUT2D eigenvalue weighted by molar-refractivity contribution is 5.97. The molecule has 0 saturated heterocycles. The number of amides is 1. The molecule has 0 spiro atoms. The van der Waals surface area contributed by atoms with Gasteiger partial charge in [-0.2, -0.15) is 0 Å². The van der Waals surface area contributed by atoms with Crippen molar-refractivity contribution in [2.75, 3.05) is 19.5 Å². The van der Waals surface area contributed by atoms with Crippen molar-refractivity contribution >= 4 is 17.6 Å². The van der Waals surface area contributed by atoms with Gasteiger partial charge in [-0.15, -0.1) is 0 Å². The summed E-state index contributed by atoms with van der Waals surface area (Å²) < 4.78 is 10.3. The molecule has 0 aliphatic heterocycles. The highest BCUT2D eigenvalue weighted by Crippen LogP contribution is 2.48. The van der Waals surface area contributed by atoms with Gasteiger partial charge in [0.05, 0.1) is 19.3 Å². The molecule has 2 unspecified atom stereocenters. The number of carbonyl (C=O) groups excluding carboxylic acids is 1. The Kier molecular flexibility index (Phi) is 5.23. The number of carboxylic acid groups (broad SMARTS) is 1. The molecule has 1 amide bonds. The molecule has 3 rings (SSSR count). The Bertz CT molecular complexity index is 833. The van der Waals surface area contributed by atoms with Crippen LogP contribution >= 0.6 is 0 Å². The maximum absolute atomic E-state index is 12.5. The number of rotatable bonds is 7. The Morgan fingerprint density at radius 2 is 2.00 bits per heavy atom. The molecule has 2 aromatic rings. The van der Waals surface area contributed by atoms with E-state index in [1.165, 1.54) is 19.2 Å². The first-order valence-electron chi connectivity index (χ1n) is 8.33. The number of ether oxygens (including phenoxy) is 2. The molecule has 6 heteroatoms. The highest BCUT2D eigenvalue weighted by atomic mass is 16.5. The molecular formula is C20H21NO5. The zero-order chi connectivity index (χ0) is 18.7. The van der Waals surface area contributed by atoms with Gasteiger partial charge in [0, 0.05) is 18.7 Å².